The van der Waals surface area contributed by atoms with Gasteiger partial charge in [-0.1, -0.05) is 31.2 Å². The monoisotopic (exact) mass is 269 g/mol. The zero-order valence-electron chi connectivity index (χ0n) is 11.8. The summed E-state index contributed by atoms with van der Waals surface area (Å²) in [5.41, 5.74) is 1.71. The van der Waals surface area contributed by atoms with E-state index < -0.39 is 5.60 Å². The standard InChI is InChI=1S/C17H19NO2/c1-12-9-10-17(19,14-7-4-3-6-13(12)14)16-15(20-2)8-5-11-18-16/h3-8,11-12,19H,9-10H2,1-2H3. The molecule has 0 amide bonds. The molecule has 1 aromatic carbocycles. The first-order valence-corrected chi connectivity index (χ1v) is 6.98. The number of ether oxygens (including phenoxy) is 1. The van der Waals surface area contributed by atoms with E-state index in [0.717, 1.165) is 12.0 Å². The second-order valence-electron chi connectivity index (χ2n) is 5.44. The molecule has 0 saturated heterocycles. The van der Waals surface area contributed by atoms with Gasteiger partial charge in [0.05, 0.1) is 7.11 Å². The van der Waals surface area contributed by atoms with E-state index in [2.05, 4.69) is 18.0 Å². The van der Waals surface area contributed by atoms with E-state index in [0.29, 0.717) is 23.8 Å². The number of methoxy groups -OCH3 is 1. The summed E-state index contributed by atoms with van der Waals surface area (Å²) in [6.45, 7) is 2.20. The zero-order chi connectivity index (χ0) is 14.2. The van der Waals surface area contributed by atoms with Gasteiger partial charge in [-0.3, -0.25) is 4.98 Å². The number of pyridine rings is 1. The summed E-state index contributed by atoms with van der Waals surface area (Å²) in [6, 6.07) is 11.8. The Bertz CT molecular complexity index is 626. The van der Waals surface area contributed by atoms with Crippen LogP contribution in [-0.2, 0) is 5.60 Å². The van der Waals surface area contributed by atoms with Crippen LogP contribution in [-0.4, -0.2) is 17.2 Å². The zero-order valence-corrected chi connectivity index (χ0v) is 11.8. The van der Waals surface area contributed by atoms with Gasteiger partial charge in [-0.2, -0.15) is 0 Å². The molecule has 1 heterocycles. The van der Waals surface area contributed by atoms with Crippen molar-refractivity contribution in [3.63, 3.8) is 0 Å². The Kier molecular flexibility index (Phi) is 3.22. The van der Waals surface area contributed by atoms with Crippen LogP contribution in [0, 0.1) is 0 Å². The number of aromatic nitrogens is 1. The summed E-state index contributed by atoms with van der Waals surface area (Å²) >= 11 is 0. The summed E-state index contributed by atoms with van der Waals surface area (Å²) in [7, 11) is 1.61. The number of fused-ring (bicyclic) bond motifs is 1. The molecule has 3 rings (SSSR count). The van der Waals surface area contributed by atoms with Gasteiger partial charge in [-0.05, 0) is 42.0 Å². The summed E-state index contributed by atoms with van der Waals surface area (Å²) in [5.74, 6) is 1.10. The molecule has 104 valence electrons. The number of aliphatic hydroxyl groups is 1. The highest BCUT2D eigenvalue weighted by Gasteiger charge is 2.41. The normalized spacial score (nSPS) is 25.1. The third-order valence-electron chi connectivity index (χ3n) is 4.26. The Labute approximate surface area is 119 Å². The average Bonchev–Trinajstić information content (AvgIpc) is 2.51. The van der Waals surface area contributed by atoms with Crippen LogP contribution in [0.4, 0.5) is 0 Å². The molecule has 1 aliphatic rings. The Morgan fingerprint density at radius 1 is 1.25 bits per heavy atom. The van der Waals surface area contributed by atoms with Crippen molar-refractivity contribution in [3.05, 3.63) is 59.4 Å². The van der Waals surface area contributed by atoms with Crippen LogP contribution in [0.2, 0.25) is 0 Å². The highest BCUT2D eigenvalue weighted by atomic mass is 16.5. The Morgan fingerprint density at radius 2 is 2.05 bits per heavy atom. The lowest BCUT2D eigenvalue weighted by Crippen LogP contribution is -2.34. The van der Waals surface area contributed by atoms with Gasteiger partial charge in [0, 0.05) is 6.20 Å². The highest BCUT2D eigenvalue weighted by Crippen LogP contribution is 2.46. The van der Waals surface area contributed by atoms with Crippen LogP contribution in [0.1, 0.15) is 42.5 Å². The summed E-state index contributed by atoms with van der Waals surface area (Å²) < 4.78 is 5.38. The fraction of sp³-hybridized carbons (Fsp3) is 0.353. The van der Waals surface area contributed by atoms with Gasteiger partial charge in [0.1, 0.15) is 17.0 Å². The molecular weight excluding hydrogens is 250 g/mol. The number of rotatable bonds is 2. The van der Waals surface area contributed by atoms with Crippen LogP contribution < -0.4 is 4.74 Å². The third kappa shape index (κ3) is 1.90. The number of benzene rings is 1. The molecule has 3 heteroatoms. The quantitative estimate of drug-likeness (QED) is 0.910. The van der Waals surface area contributed by atoms with Crippen molar-refractivity contribution in [3.8, 4) is 5.75 Å². The summed E-state index contributed by atoms with van der Waals surface area (Å²) in [5, 5.41) is 11.3. The lowest BCUT2D eigenvalue weighted by Gasteiger charge is -2.37. The minimum Gasteiger partial charge on any atom is -0.495 e. The molecule has 0 bridgehead atoms. The lowest BCUT2D eigenvalue weighted by molar-refractivity contribution is 0.0508. The number of hydrogen-bond donors (Lipinski definition) is 1. The topological polar surface area (TPSA) is 42.4 Å². The Balaban J connectivity index is 2.20. The molecule has 1 N–H and O–H groups in total. The predicted octanol–water partition coefficient (Wildman–Crippen LogP) is 3.22. The van der Waals surface area contributed by atoms with Crippen molar-refractivity contribution in [1.82, 2.24) is 4.98 Å². The fourth-order valence-electron chi connectivity index (χ4n) is 3.13. The van der Waals surface area contributed by atoms with Gasteiger partial charge in [-0.15, -0.1) is 0 Å². The molecule has 3 nitrogen and oxygen atoms in total. The number of nitrogens with zero attached hydrogens (tertiary/aromatic N) is 1. The van der Waals surface area contributed by atoms with Crippen molar-refractivity contribution in [2.45, 2.75) is 31.3 Å². The van der Waals surface area contributed by atoms with Gasteiger partial charge in [0.25, 0.3) is 0 Å². The van der Waals surface area contributed by atoms with Crippen LogP contribution in [0.15, 0.2) is 42.6 Å². The largest absolute Gasteiger partial charge is 0.495 e. The first-order valence-electron chi connectivity index (χ1n) is 6.98. The molecule has 0 saturated carbocycles. The predicted molar refractivity (Wildman–Crippen MR) is 77.9 cm³/mol. The number of hydrogen-bond acceptors (Lipinski definition) is 3. The van der Waals surface area contributed by atoms with Crippen LogP contribution in [0.5, 0.6) is 5.75 Å². The summed E-state index contributed by atoms with van der Waals surface area (Å²) in [4.78, 5) is 4.39. The molecule has 2 aromatic rings. The molecular formula is C17H19NO2. The fourth-order valence-corrected chi connectivity index (χ4v) is 3.13. The maximum Gasteiger partial charge on any atom is 0.143 e. The van der Waals surface area contributed by atoms with E-state index in [1.165, 1.54) is 5.56 Å². The van der Waals surface area contributed by atoms with Crippen LogP contribution >= 0.6 is 0 Å². The molecule has 0 spiro atoms. The maximum absolute atomic E-state index is 11.3. The smallest absolute Gasteiger partial charge is 0.143 e. The van der Waals surface area contributed by atoms with Gasteiger partial charge in [0.15, 0.2) is 0 Å². The van der Waals surface area contributed by atoms with E-state index in [4.69, 9.17) is 4.74 Å². The molecule has 1 aromatic heterocycles. The molecule has 0 radical (unpaired) electrons. The lowest BCUT2D eigenvalue weighted by atomic mass is 9.72. The molecule has 2 atom stereocenters. The first-order chi connectivity index (χ1) is 9.66. The average molecular weight is 269 g/mol. The molecule has 2 unspecified atom stereocenters. The van der Waals surface area contributed by atoms with Crippen molar-refractivity contribution in [2.24, 2.45) is 0 Å². The van der Waals surface area contributed by atoms with Crippen molar-refractivity contribution in [2.75, 3.05) is 7.11 Å². The van der Waals surface area contributed by atoms with E-state index in [1.54, 1.807) is 13.3 Å². The highest BCUT2D eigenvalue weighted by molar-refractivity contribution is 5.46. The van der Waals surface area contributed by atoms with E-state index in [1.807, 2.05) is 30.3 Å². The van der Waals surface area contributed by atoms with Crippen LogP contribution in [0.3, 0.4) is 0 Å². The van der Waals surface area contributed by atoms with E-state index in [9.17, 15) is 5.11 Å². The van der Waals surface area contributed by atoms with Crippen molar-refractivity contribution in [1.29, 1.82) is 0 Å². The van der Waals surface area contributed by atoms with Crippen molar-refractivity contribution < 1.29 is 9.84 Å². The molecule has 0 fully saturated rings. The molecule has 0 aliphatic heterocycles. The Morgan fingerprint density at radius 3 is 2.85 bits per heavy atom. The summed E-state index contributed by atoms with van der Waals surface area (Å²) in [6.07, 6.45) is 3.31. The minimum absolute atomic E-state index is 0.459. The van der Waals surface area contributed by atoms with Crippen molar-refractivity contribution >= 4 is 0 Å². The van der Waals surface area contributed by atoms with Crippen LogP contribution in [0.25, 0.3) is 0 Å². The van der Waals surface area contributed by atoms with Gasteiger partial charge >= 0.3 is 0 Å². The third-order valence-corrected chi connectivity index (χ3v) is 4.26. The Hall–Kier alpha value is -1.87. The second kappa shape index (κ2) is 4.91. The molecule has 20 heavy (non-hydrogen) atoms. The van der Waals surface area contributed by atoms with E-state index >= 15 is 0 Å². The first kappa shape index (κ1) is 13.1. The second-order valence-corrected chi connectivity index (χ2v) is 5.44. The van der Waals surface area contributed by atoms with Gasteiger partial charge in [0.2, 0.25) is 0 Å². The van der Waals surface area contributed by atoms with Gasteiger partial charge < -0.3 is 9.84 Å². The SMILES string of the molecule is COc1cccnc1C1(O)CCC(C)c2ccccc21. The maximum atomic E-state index is 11.3. The van der Waals surface area contributed by atoms with Gasteiger partial charge in [-0.25, -0.2) is 0 Å². The van der Waals surface area contributed by atoms with E-state index in [-0.39, 0.29) is 0 Å². The molecule has 1 aliphatic carbocycles. The minimum atomic E-state index is -1.06.